The summed E-state index contributed by atoms with van der Waals surface area (Å²) in [4.78, 5) is 15.7. The average Bonchev–Trinajstić information content (AvgIpc) is 4.16. The number of hydrogen-bond donors (Lipinski definition) is 4. The van der Waals surface area contributed by atoms with Crippen molar-refractivity contribution in [3.8, 4) is 0 Å². The zero-order valence-corrected chi connectivity index (χ0v) is 43.9. The fraction of sp³-hybridized carbons (Fsp3) is 0.636. The molecule has 0 fully saturated rings. The third kappa shape index (κ3) is 11.6. The predicted octanol–water partition coefficient (Wildman–Crippen LogP) is 9.22. The number of hydrogen-bond acceptors (Lipinski definition) is 4. The fourth-order valence-electron chi connectivity index (χ4n) is 10.7. The maximum atomic E-state index is 4.61. The summed E-state index contributed by atoms with van der Waals surface area (Å²) in [6.07, 6.45) is 21.9. The highest BCUT2D eigenvalue weighted by atomic mass is 35.5. The molecule has 3 aliphatic heterocycles. The van der Waals surface area contributed by atoms with E-state index in [0.717, 1.165) is 69.4 Å². The van der Waals surface area contributed by atoms with Gasteiger partial charge in [0.15, 0.2) is 0 Å². The van der Waals surface area contributed by atoms with Crippen molar-refractivity contribution in [3.63, 3.8) is 0 Å². The molecular formula is C55H86ClN11. The van der Waals surface area contributed by atoms with E-state index in [1.807, 2.05) is 9.36 Å². The number of rotatable bonds is 12. The SMILES string of the molecule is CC1(C)c2ccc([nH]2)C2(C)CCc3cn(nn3)CCCCCn3cc(nn3)CCC(C)(c3ccc1[nH]3)c1ccc([nH]1)C(C)(C)c1ccc2[nH]1.CCCC[N+](CCCC)(CCCC)CCCC.[Cl-]. The van der Waals surface area contributed by atoms with Crippen LogP contribution in [0.3, 0.4) is 0 Å². The third-order valence-corrected chi connectivity index (χ3v) is 16.0. The molecule has 0 aliphatic carbocycles. The lowest BCUT2D eigenvalue weighted by Gasteiger charge is -2.39. The van der Waals surface area contributed by atoms with Crippen LogP contribution in [0.4, 0.5) is 0 Å². The van der Waals surface area contributed by atoms with E-state index in [-0.39, 0.29) is 34.1 Å². The number of fused-ring (bicyclic) bond motifs is 6. The summed E-state index contributed by atoms with van der Waals surface area (Å²) in [5.41, 5.74) is 10.4. The van der Waals surface area contributed by atoms with Crippen molar-refractivity contribution in [2.24, 2.45) is 0 Å². The highest BCUT2D eigenvalue weighted by Gasteiger charge is 2.39. The first-order valence-corrected chi connectivity index (χ1v) is 26.1. The van der Waals surface area contributed by atoms with Crippen LogP contribution in [-0.4, -0.2) is 80.6 Å². The number of halogens is 1. The topological polar surface area (TPSA) is 125 Å². The number of aromatic amines is 4. The molecule has 9 rings (SSSR count). The van der Waals surface area contributed by atoms with Crippen LogP contribution in [0.25, 0.3) is 0 Å². The van der Waals surface area contributed by atoms with Gasteiger partial charge in [-0.3, -0.25) is 9.36 Å². The van der Waals surface area contributed by atoms with E-state index in [1.54, 1.807) is 0 Å². The van der Waals surface area contributed by atoms with Crippen LogP contribution < -0.4 is 12.4 Å². The minimum Gasteiger partial charge on any atom is -1.00 e. The molecule has 0 spiro atoms. The lowest BCUT2D eigenvalue weighted by Crippen LogP contribution is -3.00. The van der Waals surface area contributed by atoms with Gasteiger partial charge in [-0.25, -0.2) is 0 Å². The van der Waals surface area contributed by atoms with Crippen LogP contribution in [0.15, 0.2) is 60.9 Å². The van der Waals surface area contributed by atoms with E-state index >= 15 is 0 Å². The Bertz CT molecular complexity index is 2120. The van der Waals surface area contributed by atoms with Gasteiger partial charge in [0.25, 0.3) is 0 Å². The standard InChI is InChI=1S/C39H50N10.C16H36N.ClH/c1-36(2)28-10-14-32(40-28)38(5)20-18-26-24-48(46-44-26)22-8-7-9-23-49-25-27(45-47-49)19-21-39(6,33-15-11-29(36)41-33)35-17-13-31(43-35)37(3,4)30-12-16-34(38)42-30;1-5-9-13-17(14-10-6-2,15-11-7-3)16-12-8-4;/h10-17,24-25,40-43H,7-9,18-23H2,1-6H3;5-16H2,1-4H3;1H/q;+1;/p-1. The van der Waals surface area contributed by atoms with Crippen LogP contribution in [0.1, 0.15) is 210 Å². The number of unbranched alkanes of at least 4 members (excludes halogenated alkanes) is 4. The van der Waals surface area contributed by atoms with E-state index in [0.29, 0.717) is 0 Å². The second-order valence-corrected chi connectivity index (χ2v) is 21.7. The number of aromatic nitrogens is 10. The Hall–Kier alpha value is -4.35. The molecule has 4 N–H and O–H groups in total. The van der Waals surface area contributed by atoms with Crippen molar-refractivity contribution < 1.29 is 16.9 Å². The van der Waals surface area contributed by atoms with Gasteiger partial charge in [-0.2, -0.15) is 0 Å². The van der Waals surface area contributed by atoms with Crippen molar-refractivity contribution in [1.29, 1.82) is 0 Å². The molecule has 0 saturated carbocycles. The Labute approximate surface area is 409 Å². The minimum atomic E-state index is -0.308. The fourth-order valence-corrected chi connectivity index (χ4v) is 10.7. The van der Waals surface area contributed by atoms with E-state index in [1.165, 1.54) is 128 Å². The zero-order valence-electron chi connectivity index (χ0n) is 43.1. The summed E-state index contributed by atoms with van der Waals surface area (Å²) in [5.74, 6) is 0. The molecule has 0 amide bonds. The summed E-state index contributed by atoms with van der Waals surface area (Å²) in [6, 6.07) is 18.3. The quantitative estimate of drug-likeness (QED) is 0.0914. The third-order valence-electron chi connectivity index (χ3n) is 16.0. The van der Waals surface area contributed by atoms with Gasteiger partial charge < -0.3 is 36.8 Å². The highest BCUT2D eigenvalue weighted by Crippen LogP contribution is 2.43. The van der Waals surface area contributed by atoms with Crippen LogP contribution in [0, 0.1) is 0 Å². The number of nitrogens with zero attached hydrogens (tertiary/aromatic N) is 7. The molecule has 67 heavy (non-hydrogen) atoms. The van der Waals surface area contributed by atoms with E-state index in [9.17, 15) is 0 Å². The molecule has 3 aliphatic rings. The van der Waals surface area contributed by atoms with Gasteiger partial charge in [0.05, 0.1) is 37.6 Å². The predicted molar refractivity (Wildman–Crippen MR) is 270 cm³/mol. The Morgan fingerprint density at radius 1 is 0.463 bits per heavy atom. The summed E-state index contributed by atoms with van der Waals surface area (Å²) >= 11 is 0. The van der Waals surface area contributed by atoms with Crippen molar-refractivity contribution >= 4 is 0 Å². The van der Waals surface area contributed by atoms with Crippen molar-refractivity contribution in [1.82, 2.24) is 49.9 Å². The molecule has 0 atom stereocenters. The Balaban J connectivity index is 0.000000353. The van der Waals surface area contributed by atoms with Crippen LogP contribution in [-0.2, 0) is 47.6 Å². The first-order chi connectivity index (χ1) is 31.7. The van der Waals surface area contributed by atoms with Gasteiger partial charge in [-0.1, -0.05) is 63.8 Å². The summed E-state index contributed by atoms with van der Waals surface area (Å²) < 4.78 is 5.44. The van der Waals surface area contributed by atoms with E-state index in [4.69, 9.17) is 0 Å². The zero-order chi connectivity index (χ0) is 47.0. The average molecular weight is 937 g/mol. The van der Waals surface area contributed by atoms with Crippen LogP contribution in [0.5, 0.6) is 0 Å². The first kappa shape index (κ1) is 52.0. The number of nitrogens with one attached hydrogen (secondary N) is 4. The van der Waals surface area contributed by atoms with E-state index < -0.39 is 0 Å². The second kappa shape index (κ2) is 22.4. The van der Waals surface area contributed by atoms with Crippen molar-refractivity contribution in [2.75, 3.05) is 26.2 Å². The Kier molecular flexibility index (Phi) is 17.4. The lowest BCUT2D eigenvalue weighted by molar-refractivity contribution is -0.929. The normalized spacial score (nSPS) is 20.5. The maximum Gasteiger partial charge on any atom is 0.0827 e. The number of aryl methyl sites for hydroxylation is 4. The van der Waals surface area contributed by atoms with E-state index in [2.05, 4.69) is 171 Å². The second-order valence-electron chi connectivity index (χ2n) is 21.7. The first-order valence-electron chi connectivity index (χ1n) is 26.1. The monoisotopic (exact) mass is 936 g/mol. The molecule has 9 heterocycles. The van der Waals surface area contributed by atoms with Gasteiger partial charge in [0.1, 0.15) is 0 Å². The maximum absolute atomic E-state index is 4.61. The van der Waals surface area contributed by atoms with Gasteiger partial charge in [0.2, 0.25) is 0 Å². The largest absolute Gasteiger partial charge is 1.00 e. The molecule has 0 radical (unpaired) electrons. The van der Waals surface area contributed by atoms with Gasteiger partial charge >= 0.3 is 0 Å². The van der Waals surface area contributed by atoms with Gasteiger partial charge in [0, 0.05) is 92.7 Å². The smallest absolute Gasteiger partial charge is 0.0827 e. The molecule has 0 saturated heterocycles. The molecule has 6 aromatic heterocycles. The highest BCUT2D eigenvalue weighted by molar-refractivity contribution is 5.44. The molecule has 368 valence electrons. The molecule has 14 bridgehead atoms. The minimum absolute atomic E-state index is 0. The Morgan fingerprint density at radius 2 is 0.761 bits per heavy atom. The molecular weight excluding hydrogens is 850 g/mol. The van der Waals surface area contributed by atoms with Gasteiger partial charge in [-0.15, -0.1) is 10.2 Å². The Morgan fingerprint density at radius 3 is 1.06 bits per heavy atom. The number of H-pyrrole nitrogens is 4. The molecule has 6 aromatic rings. The van der Waals surface area contributed by atoms with Crippen molar-refractivity contribution in [3.05, 3.63) is 118 Å². The molecule has 0 unspecified atom stereocenters. The molecule has 0 aromatic carbocycles. The summed E-state index contributed by atoms with van der Waals surface area (Å²) in [6.45, 7) is 30.7. The molecule has 11 nitrogen and oxygen atoms in total. The van der Waals surface area contributed by atoms with Crippen LogP contribution in [0.2, 0.25) is 0 Å². The summed E-state index contributed by atoms with van der Waals surface area (Å²) in [5, 5.41) is 18.2. The summed E-state index contributed by atoms with van der Waals surface area (Å²) in [7, 11) is 0. The van der Waals surface area contributed by atoms with Gasteiger partial charge in [-0.05, 0) is 161 Å². The lowest BCUT2D eigenvalue weighted by atomic mass is 9.78. The van der Waals surface area contributed by atoms with Crippen LogP contribution >= 0.6 is 0 Å². The number of quaternary nitrogens is 1. The molecule has 12 heteroatoms. The van der Waals surface area contributed by atoms with Crippen molar-refractivity contribution in [2.45, 2.75) is 200 Å².